The van der Waals surface area contributed by atoms with Crippen LogP contribution in [0.1, 0.15) is 5.82 Å². The molecule has 0 amide bonds. The lowest BCUT2D eigenvalue weighted by atomic mass is 10.3. The van der Waals surface area contributed by atoms with Crippen molar-refractivity contribution in [2.24, 2.45) is 0 Å². The smallest absolute Gasteiger partial charge is 0.313 e. The van der Waals surface area contributed by atoms with Crippen molar-refractivity contribution in [3.63, 3.8) is 0 Å². The molecule has 13 heteroatoms. The minimum Gasteiger partial charge on any atom is -0.313 e. The molecule has 10 nitrogen and oxygen atoms in total. The summed E-state index contributed by atoms with van der Waals surface area (Å²) in [5, 5.41) is 0.00508. The quantitative estimate of drug-likeness (QED) is 0.647. The molecule has 1 aromatic heterocycles. The van der Waals surface area contributed by atoms with Crippen molar-refractivity contribution in [2.45, 2.75) is 11.8 Å². The van der Waals surface area contributed by atoms with Crippen molar-refractivity contribution < 1.29 is 25.6 Å². The third-order valence-corrected chi connectivity index (χ3v) is 5.47. The fourth-order valence-corrected chi connectivity index (χ4v) is 3.68. The Morgan fingerprint density at radius 1 is 1.19 bits per heavy atom. The van der Waals surface area contributed by atoms with Gasteiger partial charge in [0.2, 0.25) is 11.2 Å². The van der Waals surface area contributed by atoms with E-state index in [0.717, 1.165) is 0 Å². The van der Waals surface area contributed by atoms with Gasteiger partial charge in [0.1, 0.15) is 5.82 Å². The number of aromatic nitrogens is 3. The molecule has 0 bridgehead atoms. The molecule has 2 aromatic rings. The molecule has 26 heavy (non-hydrogen) atoms. The number of hydrogen-bond acceptors (Lipinski definition) is 9. The summed E-state index contributed by atoms with van der Waals surface area (Å²) < 4.78 is 58.2. The van der Waals surface area contributed by atoms with Gasteiger partial charge in [-0.15, -0.1) is 0 Å². The number of hydrogen-bond donors (Lipinski definition) is 1. The highest BCUT2D eigenvalue weighted by atomic mass is 35.5. The highest BCUT2D eigenvalue weighted by Gasteiger charge is 2.18. The average Bonchev–Trinajstić information content (AvgIpc) is 2.52. The Kier molecular flexibility index (Phi) is 6.13. The Morgan fingerprint density at radius 3 is 2.50 bits per heavy atom. The van der Waals surface area contributed by atoms with Gasteiger partial charge in [0.25, 0.3) is 0 Å². The van der Waals surface area contributed by atoms with E-state index in [0.29, 0.717) is 11.5 Å². The molecule has 0 saturated heterocycles. The van der Waals surface area contributed by atoms with Crippen LogP contribution >= 0.6 is 11.6 Å². The van der Waals surface area contributed by atoms with E-state index in [1.54, 1.807) is 20.0 Å². The van der Waals surface area contributed by atoms with E-state index in [1.807, 2.05) is 0 Å². The zero-order valence-electron chi connectivity index (χ0n) is 13.7. The SMILES string of the molecule is Cc1nc(Cl)nc(N(C)c2cccc(S(=O)(=O)CCOS(=O)(=O)O)c2)n1. The van der Waals surface area contributed by atoms with Gasteiger partial charge in [0.15, 0.2) is 9.84 Å². The van der Waals surface area contributed by atoms with Crippen molar-refractivity contribution in [2.75, 3.05) is 24.3 Å². The maximum atomic E-state index is 12.3. The summed E-state index contributed by atoms with van der Waals surface area (Å²) in [6.45, 7) is 0.935. The second kappa shape index (κ2) is 7.80. The van der Waals surface area contributed by atoms with Crippen LogP contribution in [0.3, 0.4) is 0 Å². The number of aryl methyl sites for hydroxylation is 1. The monoisotopic (exact) mass is 422 g/mol. The van der Waals surface area contributed by atoms with Crippen LogP contribution < -0.4 is 4.90 Å². The molecule has 1 N–H and O–H groups in total. The van der Waals surface area contributed by atoms with E-state index in [9.17, 15) is 16.8 Å². The lowest BCUT2D eigenvalue weighted by molar-refractivity contribution is 0.284. The molecule has 0 aliphatic carbocycles. The Labute approximate surface area is 155 Å². The summed E-state index contributed by atoms with van der Waals surface area (Å²) in [4.78, 5) is 13.4. The fraction of sp³-hybridized carbons (Fsp3) is 0.308. The van der Waals surface area contributed by atoms with Crippen molar-refractivity contribution in [1.82, 2.24) is 15.0 Å². The molecule has 1 heterocycles. The van der Waals surface area contributed by atoms with Crippen LogP contribution in [-0.4, -0.2) is 55.7 Å². The molecule has 0 radical (unpaired) electrons. The summed E-state index contributed by atoms with van der Waals surface area (Å²) >= 11 is 5.81. The first-order valence-corrected chi connectivity index (χ1v) is 10.4. The van der Waals surface area contributed by atoms with Crippen molar-refractivity contribution in [3.8, 4) is 0 Å². The predicted molar refractivity (Wildman–Crippen MR) is 93.6 cm³/mol. The maximum absolute atomic E-state index is 12.3. The lowest BCUT2D eigenvalue weighted by Gasteiger charge is -2.18. The molecule has 1 aromatic carbocycles. The van der Waals surface area contributed by atoms with Crippen LogP contribution in [0.2, 0.25) is 5.28 Å². The number of anilines is 2. The largest absolute Gasteiger partial charge is 0.397 e. The highest BCUT2D eigenvalue weighted by molar-refractivity contribution is 7.91. The van der Waals surface area contributed by atoms with Crippen LogP contribution in [0.15, 0.2) is 29.2 Å². The van der Waals surface area contributed by atoms with Gasteiger partial charge in [-0.05, 0) is 36.7 Å². The molecule has 0 saturated carbocycles. The zero-order chi connectivity index (χ0) is 19.5. The van der Waals surface area contributed by atoms with Crippen LogP contribution in [0, 0.1) is 6.92 Å². The molecule has 2 rings (SSSR count). The van der Waals surface area contributed by atoms with Gasteiger partial charge < -0.3 is 4.90 Å². The summed E-state index contributed by atoms with van der Waals surface area (Å²) in [6.07, 6.45) is 0. The van der Waals surface area contributed by atoms with Crippen molar-refractivity contribution >= 4 is 43.5 Å². The summed E-state index contributed by atoms with van der Waals surface area (Å²) in [7, 11) is -6.92. The van der Waals surface area contributed by atoms with E-state index in [1.165, 1.54) is 23.1 Å². The van der Waals surface area contributed by atoms with E-state index in [2.05, 4.69) is 19.1 Å². The van der Waals surface area contributed by atoms with Crippen molar-refractivity contribution in [3.05, 3.63) is 35.4 Å². The zero-order valence-corrected chi connectivity index (χ0v) is 16.1. The molecule has 0 spiro atoms. The normalized spacial score (nSPS) is 12.2. The summed E-state index contributed by atoms with van der Waals surface area (Å²) in [5.74, 6) is 0.00107. The van der Waals surface area contributed by atoms with Crippen LogP contribution in [0.4, 0.5) is 11.6 Å². The number of nitrogens with zero attached hydrogens (tertiary/aromatic N) is 4. The molecule has 0 aliphatic heterocycles. The first-order chi connectivity index (χ1) is 12.0. The fourth-order valence-electron chi connectivity index (χ4n) is 1.95. The first-order valence-electron chi connectivity index (χ1n) is 7.04. The topological polar surface area (TPSA) is 140 Å². The van der Waals surface area contributed by atoms with Gasteiger partial charge in [0, 0.05) is 12.7 Å². The lowest BCUT2D eigenvalue weighted by Crippen LogP contribution is -2.17. The second-order valence-electron chi connectivity index (χ2n) is 5.08. The third-order valence-electron chi connectivity index (χ3n) is 3.16. The Bertz CT molecular complexity index is 993. The summed E-state index contributed by atoms with van der Waals surface area (Å²) in [5.41, 5.74) is 0.462. The third kappa shape index (κ3) is 5.57. The van der Waals surface area contributed by atoms with Gasteiger partial charge in [-0.25, -0.2) is 17.6 Å². The Morgan fingerprint density at radius 2 is 1.88 bits per heavy atom. The number of benzene rings is 1. The van der Waals surface area contributed by atoms with E-state index in [4.69, 9.17) is 16.2 Å². The predicted octanol–water partition coefficient (Wildman–Crippen LogP) is 1.19. The average molecular weight is 423 g/mol. The van der Waals surface area contributed by atoms with Gasteiger partial charge in [-0.3, -0.25) is 4.55 Å². The Hall–Kier alpha value is -1.86. The maximum Gasteiger partial charge on any atom is 0.397 e. The molecule has 0 atom stereocenters. The van der Waals surface area contributed by atoms with Gasteiger partial charge >= 0.3 is 10.4 Å². The molecule has 0 unspecified atom stereocenters. The van der Waals surface area contributed by atoms with E-state index >= 15 is 0 Å². The van der Waals surface area contributed by atoms with Crippen LogP contribution in [-0.2, 0) is 24.4 Å². The Balaban J connectivity index is 2.26. The number of sulfone groups is 1. The van der Waals surface area contributed by atoms with E-state index < -0.39 is 32.6 Å². The van der Waals surface area contributed by atoms with Gasteiger partial charge in [-0.1, -0.05) is 6.07 Å². The molecule has 142 valence electrons. The van der Waals surface area contributed by atoms with E-state index in [-0.39, 0.29) is 16.1 Å². The molecule has 0 fully saturated rings. The number of halogens is 1. The molecular weight excluding hydrogens is 408 g/mol. The molecular formula is C13H15ClN4O6S2. The second-order valence-corrected chi connectivity index (χ2v) is 8.61. The molecule has 0 aliphatic rings. The number of rotatable bonds is 7. The van der Waals surface area contributed by atoms with Crippen molar-refractivity contribution in [1.29, 1.82) is 0 Å². The summed E-state index contributed by atoms with van der Waals surface area (Å²) in [6, 6.07) is 5.88. The van der Waals surface area contributed by atoms with Gasteiger partial charge in [-0.2, -0.15) is 18.4 Å². The van der Waals surface area contributed by atoms with Crippen LogP contribution in [0.25, 0.3) is 0 Å². The first kappa shape index (κ1) is 20.5. The standard InChI is InChI=1S/C13H15ClN4O6S2/c1-9-15-12(14)17-13(16-9)18(2)10-4-3-5-11(8-10)25(19,20)7-6-24-26(21,22)23/h3-5,8H,6-7H2,1-2H3,(H,21,22,23). The minimum absolute atomic E-state index is 0.00508. The highest BCUT2D eigenvalue weighted by Crippen LogP contribution is 2.24. The van der Waals surface area contributed by atoms with Crippen LogP contribution in [0.5, 0.6) is 0 Å². The van der Waals surface area contributed by atoms with Gasteiger partial charge in [0.05, 0.1) is 17.3 Å². The minimum atomic E-state index is -4.70.